The summed E-state index contributed by atoms with van der Waals surface area (Å²) < 4.78 is 13.1. The molecule has 136 valence electrons. The first kappa shape index (κ1) is 17.9. The van der Waals surface area contributed by atoms with E-state index in [0.29, 0.717) is 0 Å². The summed E-state index contributed by atoms with van der Waals surface area (Å²) in [7, 11) is 0. The molecule has 0 radical (unpaired) electrons. The van der Waals surface area contributed by atoms with Gasteiger partial charge in [0, 0.05) is 22.7 Å². The van der Waals surface area contributed by atoms with Crippen molar-refractivity contribution in [3.05, 3.63) is 82.6 Å². The monoisotopic (exact) mass is 379 g/mol. The summed E-state index contributed by atoms with van der Waals surface area (Å²) in [6.07, 6.45) is 5.69. The Balaban J connectivity index is 1.45. The highest BCUT2D eigenvalue weighted by Gasteiger charge is 2.20. The maximum absolute atomic E-state index is 13.1. The van der Waals surface area contributed by atoms with Gasteiger partial charge in [0.25, 0.3) is 0 Å². The molecular weight excluding hydrogens is 361 g/mol. The molecule has 0 aliphatic carbocycles. The van der Waals surface area contributed by atoms with Crippen molar-refractivity contribution in [3.63, 3.8) is 0 Å². The van der Waals surface area contributed by atoms with E-state index in [2.05, 4.69) is 27.4 Å². The van der Waals surface area contributed by atoms with Gasteiger partial charge in [-0.3, -0.25) is 15.3 Å². The molecule has 4 nitrogen and oxygen atoms in total. The number of aliphatic hydroxyl groups excluding tert-OH is 1. The number of thioether (sulfide) groups is 1. The van der Waals surface area contributed by atoms with Crippen LogP contribution in [0.15, 0.2) is 70.7 Å². The summed E-state index contributed by atoms with van der Waals surface area (Å²) in [4.78, 5) is 9.83. The Hall–Kier alpha value is -2.54. The van der Waals surface area contributed by atoms with Crippen molar-refractivity contribution in [1.82, 2.24) is 10.3 Å². The first-order valence-electron chi connectivity index (χ1n) is 8.60. The zero-order valence-electron chi connectivity index (χ0n) is 14.4. The van der Waals surface area contributed by atoms with Crippen molar-refractivity contribution < 1.29 is 9.50 Å². The first-order chi connectivity index (χ1) is 13.2. The van der Waals surface area contributed by atoms with E-state index < -0.39 is 0 Å². The predicted molar refractivity (Wildman–Crippen MR) is 109 cm³/mol. The minimum atomic E-state index is -0.300. The first-order valence-corrected chi connectivity index (χ1v) is 9.48. The molecule has 0 saturated carbocycles. The fraction of sp³-hybridized carbons (Fsp3) is 0.143. The summed E-state index contributed by atoms with van der Waals surface area (Å²) in [6, 6.07) is 15.9. The molecule has 6 heteroatoms. The number of aliphatic hydroxyl groups is 1. The van der Waals surface area contributed by atoms with Crippen LogP contribution in [0, 0.1) is 5.82 Å². The van der Waals surface area contributed by atoms with E-state index in [1.54, 1.807) is 30.1 Å². The van der Waals surface area contributed by atoms with E-state index in [4.69, 9.17) is 0 Å². The van der Waals surface area contributed by atoms with E-state index in [1.807, 2.05) is 30.5 Å². The number of nitrogens with one attached hydrogen (secondary N) is 1. The third kappa shape index (κ3) is 4.24. The maximum atomic E-state index is 13.1. The molecule has 3 aromatic rings. The van der Waals surface area contributed by atoms with E-state index in [0.717, 1.165) is 26.9 Å². The molecule has 2 heterocycles. The van der Waals surface area contributed by atoms with Crippen molar-refractivity contribution in [2.24, 2.45) is 4.99 Å². The Morgan fingerprint density at radius 3 is 2.85 bits per heavy atom. The topological polar surface area (TPSA) is 57.5 Å². The highest BCUT2D eigenvalue weighted by Crippen LogP contribution is 2.30. The minimum absolute atomic E-state index is 0.0884. The number of fused-ring (bicyclic) bond motifs is 1. The molecule has 0 bridgehead atoms. The highest BCUT2D eigenvalue weighted by molar-refractivity contribution is 8.04. The second-order valence-corrected chi connectivity index (χ2v) is 7.36. The standard InChI is InChI=1S/C21H18FN3OS/c22-17-6-4-15(5-7-17)20(13-26)25-21-24-12-18(27-21)11-14-3-8-19-16(10-14)2-1-9-23-19/h1-12,20-21,25-26H,13H2/b18-11-/t20-,21?/m0/s1. The summed E-state index contributed by atoms with van der Waals surface area (Å²) in [5, 5.41) is 14.1. The van der Waals surface area contributed by atoms with Crippen LogP contribution in [0.1, 0.15) is 17.2 Å². The zero-order chi connectivity index (χ0) is 18.6. The average Bonchev–Trinajstić information content (AvgIpc) is 3.14. The van der Waals surface area contributed by atoms with Crippen molar-refractivity contribution in [1.29, 1.82) is 0 Å². The number of halogens is 1. The Labute approximate surface area is 160 Å². The van der Waals surface area contributed by atoms with Gasteiger partial charge in [-0.05, 0) is 47.5 Å². The van der Waals surface area contributed by atoms with Gasteiger partial charge >= 0.3 is 0 Å². The van der Waals surface area contributed by atoms with E-state index in [1.165, 1.54) is 12.1 Å². The Bertz CT molecular complexity index is 1000. The smallest absolute Gasteiger partial charge is 0.151 e. The van der Waals surface area contributed by atoms with Crippen LogP contribution in [0.5, 0.6) is 0 Å². The van der Waals surface area contributed by atoms with Crippen LogP contribution in [-0.2, 0) is 0 Å². The molecule has 1 aliphatic rings. The number of pyridine rings is 1. The third-order valence-electron chi connectivity index (χ3n) is 4.32. The molecular formula is C21H18FN3OS. The number of benzene rings is 2. The molecule has 0 spiro atoms. The lowest BCUT2D eigenvalue weighted by Gasteiger charge is -2.19. The lowest BCUT2D eigenvalue weighted by atomic mass is 10.1. The number of hydrogen-bond acceptors (Lipinski definition) is 5. The molecule has 1 unspecified atom stereocenters. The second kappa shape index (κ2) is 8.00. The van der Waals surface area contributed by atoms with Crippen LogP contribution in [0.25, 0.3) is 17.0 Å². The van der Waals surface area contributed by atoms with Crippen LogP contribution in [-0.4, -0.2) is 28.4 Å². The SMILES string of the molecule is OC[C@H](NC1N=C/C(=C/c2ccc3ncccc3c2)S1)c1ccc(F)cc1. The summed E-state index contributed by atoms with van der Waals surface area (Å²) in [5.41, 5.74) is 2.69. The Kier molecular flexibility index (Phi) is 5.29. The predicted octanol–water partition coefficient (Wildman–Crippen LogP) is 4.14. The normalized spacial score (nSPS) is 19.0. The lowest BCUT2D eigenvalue weighted by Crippen LogP contribution is -2.30. The van der Waals surface area contributed by atoms with Crippen molar-refractivity contribution in [3.8, 4) is 0 Å². The number of rotatable bonds is 5. The molecule has 2 atom stereocenters. The quantitative estimate of drug-likeness (QED) is 0.700. The molecule has 0 amide bonds. The largest absolute Gasteiger partial charge is 0.394 e. The minimum Gasteiger partial charge on any atom is -0.394 e. The van der Waals surface area contributed by atoms with Gasteiger partial charge in [0.1, 0.15) is 5.82 Å². The Morgan fingerprint density at radius 1 is 1.19 bits per heavy atom. The van der Waals surface area contributed by atoms with Gasteiger partial charge < -0.3 is 5.11 Å². The van der Waals surface area contributed by atoms with Gasteiger partial charge in [-0.25, -0.2) is 4.39 Å². The summed E-state index contributed by atoms with van der Waals surface area (Å²) in [5.74, 6) is -0.292. The number of hydrogen-bond donors (Lipinski definition) is 2. The molecule has 27 heavy (non-hydrogen) atoms. The van der Waals surface area contributed by atoms with Crippen molar-refractivity contribution in [2.45, 2.75) is 11.5 Å². The van der Waals surface area contributed by atoms with Crippen molar-refractivity contribution in [2.75, 3.05) is 6.61 Å². The molecule has 0 saturated heterocycles. The highest BCUT2D eigenvalue weighted by atomic mass is 32.2. The third-order valence-corrected chi connectivity index (χ3v) is 5.30. The number of nitrogens with zero attached hydrogens (tertiary/aromatic N) is 2. The summed E-state index contributed by atoms with van der Waals surface area (Å²) in [6.45, 7) is -0.0884. The number of aliphatic imine (C=N–C) groups is 1. The zero-order valence-corrected chi connectivity index (χ0v) is 15.2. The summed E-state index contributed by atoms with van der Waals surface area (Å²) >= 11 is 1.58. The van der Waals surface area contributed by atoms with Gasteiger partial charge in [-0.15, -0.1) is 0 Å². The van der Waals surface area contributed by atoms with Gasteiger partial charge in [-0.2, -0.15) is 0 Å². The Morgan fingerprint density at radius 2 is 2.04 bits per heavy atom. The number of allylic oxidation sites excluding steroid dienone is 1. The van der Waals surface area contributed by atoms with E-state index in [9.17, 15) is 9.50 Å². The number of aromatic nitrogens is 1. The van der Waals surface area contributed by atoms with Crippen molar-refractivity contribution >= 4 is 35.0 Å². The molecule has 0 fully saturated rings. The van der Waals surface area contributed by atoms with Crippen LogP contribution in [0.4, 0.5) is 4.39 Å². The second-order valence-electron chi connectivity index (χ2n) is 6.20. The van der Waals surface area contributed by atoms with E-state index >= 15 is 0 Å². The lowest BCUT2D eigenvalue weighted by molar-refractivity contribution is 0.243. The van der Waals surface area contributed by atoms with Crippen LogP contribution >= 0.6 is 11.8 Å². The maximum Gasteiger partial charge on any atom is 0.151 e. The van der Waals surface area contributed by atoms with Crippen LogP contribution in [0.2, 0.25) is 0 Å². The van der Waals surface area contributed by atoms with Gasteiger partial charge in [0.05, 0.1) is 18.2 Å². The van der Waals surface area contributed by atoms with Gasteiger partial charge in [0.15, 0.2) is 5.50 Å². The fourth-order valence-corrected chi connectivity index (χ4v) is 3.89. The molecule has 2 N–H and O–H groups in total. The van der Waals surface area contributed by atoms with Gasteiger partial charge in [-0.1, -0.05) is 36.0 Å². The molecule has 2 aromatic carbocycles. The van der Waals surface area contributed by atoms with Crippen LogP contribution < -0.4 is 5.32 Å². The molecule has 1 aromatic heterocycles. The fourth-order valence-electron chi connectivity index (χ4n) is 2.95. The van der Waals surface area contributed by atoms with Gasteiger partial charge in [0.2, 0.25) is 0 Å². The van der Waals surface area contributed by atoms with Crippen LogP contribution in [0.3, 0.4) is 0 Å². The van der Waals surface area contributed by atoms with E-state index in [-0.39, 0.29) is 24.0 Å². The average molecular weight is 379 g/mol. The molecule has 1 aliphatic heterocycles. The molecule has 4 rings (SSSR count).